The zero-order valence-electron chi connectivity index (χ0n) is 9.51. The van der Waals surface area contributed by atoms with Crippen molar-refractivity contribution in [3.05, 3.63) is 48.9 Å². The van der Waals surface area contributed by atoms with E-state index in [1.165, 1.54) is 17.4 Å². The smallest absolute Gasteiger partial charge is 0.292 e. The number of aryl methyl sites for hydroxylation is 1. The van der Waals surface area contributed by atoms with Crippen molar-refractivity contribution >= 4 is 38.6 Å². The van der Waals surface area contributed by atoms with Gasteiger partial charge in [0.25, 0.3) is 5.69 Å². The second-order valence-corrected chi connectivity index (χ2v) is 5.51. The molecular weight excluding hydrogens is 318 g/mol. The molecule has 0 unspecified atom stereocenters. The van der Waals surface area contributed by atoms with Crippen molar-refractivity contribution in [3.63, 3.8) is 0 Å². The molecule has 2 rings (SSSR count). The lowest BCUT2D eigenvalue weighted by Gasteiger charge is -2.05. The Balaban J connectivity index is 2.17. The maximum atomic E-state index is 10.9. The maximum absolute atomic E-state index is 10.9. The van der Waals surface area contributed by atoms with Gasteiger partial charge in [0.05, 0.1) is 11.5 Å². The summed E-state index contributed by atoms with van der Waals surface area (Å²) in [5.41, 5.74) is 1.51. The normalized spacial score (nSPS) is 10.3. The molecule has 0 bridgehead atoms. The quantitative estimate of drug-likeness (QED) is 0.686. The van der Waals surface area contributed by atoms with E-state index in [2.05, 4.69) is 26.2 Å². The maximum Gasteiger partial charge on any atom is 0.292 e. The molecule has 1 N–H and O–H groups in total. The Hall–Kier alpha value is -1.47. The molecule has 0 amide bonds. The fraction of sp³-hybridized carbons (Fsp3) is 0.182. The van der Waals surface area contributed by atoms with Crippen molar-refractivity contribution in [1.29, 1.82) is 0 Å². The number of nitro groups is 1. The Bertz CT molecular complexity index is 585. The zero-order valence-corrected chi connectivity index (χ0v) is 11.9. The molecule has 7 heteroatoms. The lowest BCUT2D eigenvalue weighted by atomic mass is 10.2. The summed E-state index contributed by atoms with van der Waals surface area (Å²) < 4.78 is 0.797. The molecule has 2 aromatic rings. The van der Waals surface area contributed by atoms with E-state index >= 15 is 0 Å². The molecule has 0 saturated heterocycles. The van der Waals surface area contributed by atoms with Crippen LogP contribution in [0.5, 0.6) is 0 Å². The van der Waals surface area contributed by atoms with Crippen LogP contribution >= 0.6 is 27.3 Å². The minimum atomic E-state index is -0.401. The summed E-state index contributed by atoms with van der Waals surface area (Å²) in [4.78, 5) is 14.8. The Labute approximate surface area is 116 Å². The van der Waals surface area contributed by atoms with E-state index in [0.29, 0.717) is 12.2 Å². The van der Waals surface area contributed by atoms with Crippen LogP contribution in [0.1, 0.15) is 10.7 Å². The molecule has 5 nitrogen and oxygen atoms in total. The molecule has 0 spiro atoms. The molecule has 0 aliphatic heterocycles. The average molecular weight is 328 g/mol. The Morgan fingerprint density at radius 1 is 1.56 bits per heavy atom. The number of hydrogen-bond acceptors (Lipinski definition) is 5. The summed E-state index contributed by atoms with van der Waals surface area (Å²) in [6.07, 6.45) is 0. The number of thiazole rings is 1. The Morgan fingerprint density at radius 3 is 2.94 bits per heavy atom. The van der Waals surface area contributed by atoms with Gasteiger partial charge in [-0.15, -0.1) is 11.3 Å². The van der Waals surface area contributed by atoms with Crippen molar-refractivity contribution in [2.24, 2.45) is 0 Å². The SMILES string of the molecule is Cc1csc(CNc2cc(Br)ccc2[N+](=O)[O-])n1. The first-order valence-corrected chi connectivity index (χ1v) is 6.82. The van der Waals surface area contributed by atoms with Crippen LogP contribution in [0.2, 0.25) is 0 Å². The Morgan fingerprint density at radius 2 is 2.33 bits per heavy atom. The molecule has 1 aromatic heterocycles. The first-order chi connectivity index (χ1) is 8.56. The highest BCUT2D eigenvalue weighted by Crippen LogP contribution is 2.28. The average Bonchev–Trinajstić information content (AvgIpc) is 2.72. The van der Waals surface area contributed by atoms with E-state index in [4.69, 9.17) is 0 Å². The van der Waals surface area contributed by atoms with E-state index < -0.39 is 4.92 Å². The molecule has 18 heavy (non-hydrogen) atoms. The predicted octanol–water partition coefficient (Wildman–Crippen LogP) is 3.73. The van der Waals surface area contributed by atoms with Gasteiger partial charge < -0.3 is 5.32 Å². The highest BCUT2D eigenvalue weighted by molar-refractivity contribution is 9.10. The van der Waals surface area contributed by atoms with Gasteiger partial charge in [-0.3, -0.25) is 10.1 Å². The number of anilines is 1. The van der Waals surface area contributed by atoms with Gasteiger partial charge in [-0.1, -0.05) is 15.9 Å². The Kier molecular flexibility index (Phi) is 3.93. The molecule has 0 aliphatic rings. The van der Waals surface area contributed by atoms with Crippen molar-refractivity contribution < 1.29 is 4.92 Å². The summed E-state index contributed by atoms with van der Waals surface area (Å²) in [5.74, 6) is 0. The number of nitrogens with zero attached hydrogens (tertiary/aromatic N) is 2. The topological polar surface area (TPSA) is 68.1 Å². The summed E-state index contributed by atoms with van der Waals surface area (Å²) >= 11 is 4.83. The number of halogens is 1. The van der Waals surface area contributed by atoms with Gasteiger partial charge in [-0.2, -0.15) is 0 Å². The van der Waals surface area contributed by atoms with E-state index in [1.54, 1.807) is 12.1 Å². The monoisotopic (exact) mass is 327 g/mol. The second kappa shape index (κ2) is 5.45. The number of nitrogens with one attached hydrogen (secondary N) is 1. The lowest BCUT2D eigenvalue weighted by molar-refractivity contribution is -0.384. The summed E-state index contributed by atoms with van der Waals surface area (Å²) in [6, 6.07) is 4.81. The van der Waals surface area contributed by atoms with Gasteiger partial charge in [-0.25, -0.2) is 4.98 Å². The zero-order chi connectivity index (χ0) is 13.1. The summed E-state index contributed by atoms with van der Waals surface area (Å²) in [7, 11) is 0. The predicted molar refractivity (Wildman–Crippen MR) is 75.0 cm³/mol. The summed E-state index contributed by atoms with van der Waals surface area (Å²) in [6.45, 7) is 2.40. The van der Waals surface area contributed by atoms with E-state index in [-0.39, 0.29) is 5.69 Å². The molecule has 1 heterocycles. The number of rotatable bonds is 4. The largest absolute Gasteiger partial charge is 0.373 e. The highest BCUT2D eigenvalue weighted by atomic mass is 79.9. The molecule has 0 atom stereocenters. The minimum absolute atomic E-state index is 0.0616. The fourth-order valence-electron chi connectivity index (χ4n) is 1.46. The van der Waals surface area contributed by atoms with Gasteiger partial charge in [-0.05, 0) is 19.1 Å². The number of hydrogen-bond donors (Lipinski definition) is 1. The van der Waals surface area contributed by atoms with Crippen LogP contribution in [0.25, 0.3) is 0 Å². The van der Waals surface area contributed by atoms with E-state index in [0.717, 1.165) is 15.2 Å². The molecule has 1 aromatic carbocycles. The lowest BCUT2D eigenvalue weighted by Crippen LogP contribution is -2.02. The molecule has 0 aliphatic carbocycles. The first-order valence-electron chi connectivity index (χ1n) is 5.15. The van der Waals surface area contributed by atoms with Crippen molar-refractivity contribution in [3.8, 4) is 0 Å². The van der Waals surface area contributed by atoms with E-state index in [9.17, 15) is 10.1 Å². The van der Waals surface area contributed by atoms with Crippen LogP contribution < -0.4 is 5.32 Å². The number of benzene rings is 1. The fourth-order valence-corrected chi connectivity index (χ4v) is 2.54. The van der Waals surface area contributed by atoms with Crippen LogP contribution in [0.3, 0.4) is 0 Å². The molecular formula is C11H10BrN3O2S. The van der Waals surface area contributed by atoms with Crippen LogP contribution in [0.15, 0.2) is 28.1 Å². The third kappa shape index (κ3) is 3.05. The minimum Gasteiger partial charge on any atom is -0.373 e. The van der Waals surface area contributed by atoms with Gasteiger partial charge >= 0.3 is 0 Å². The molecule has 0 radical (unpaired) electrons. The van der Waals surface area contributed by atoms with Gasteiger partial charge in [0.1, 0.15) is 10.7 Å². The first kappa shape index (κ1) is 13.0. The summed E-state index contributed by atoms with van der Waals surface area (Å²) in [5, 5.41) is 16.8. The van der Waals surface area contributed by atoms with Crippen molar-refractivity contribution in [2.45, 2.75) is 13.5 Å². The standard InChI is InChI=1S/C11H10BrN3O2S/c1-7-6-18-11(14-7)5-13-9-4-8(12)2-3-10(9)15(16)17/h2-4,6,13H,5H2,1H3. The number of nitro benzene ring substituents is 1. The van der Waals surface area contributed by atoms with Crippen LogP contribution in [-0.2, 0) is 6.54 Å². The molecule has 94 valence electrons. The molecule has 0 saturated carbocycles. The van der Waals surface area contributed by atoms with Gasteiger partial charge in [0.15, 0.2) is 0 Å². The van der Waals surface area contributed by atoms with Crippen LogP contribution in [-0.4, -0.2) is 9.91 Å². The van der Waals surface area contributed by atoms with E-state index in [1.807, 2.05) is 12.3 Å². The number of aromatic nitrogens is 1. The highest BCUT2D eigenvalue weighted by Gasteiger charge is 2.13. The van der Waals surface area contributed by atoms with Crippen molar-refractivity contribution in [1.82, 2.24) is 4.98 Å². The molecule has 0 fully saturated rings. The van der Waals surface area contributed by atoms with Gasteiger partial charge in [0, 0.05) is 21.6 Å². The van der Waals surface area contributed by atoms with Crippen LogP contribution in [0.4, 0.5) is 11.4 Å². The van der Waals surface area contributed by atoms with Crippen molar-refractivity contribution in [2.75, 3.05) is 5.32 Å². The second-order valence-electron chi connectivity index (χ2n) is 3.65. The third-order valence-corrected chi connectivity index (χ3v) is 3.71. The third-order valence-electron chi connectivity index (χ3n) is 2.25. The van der Waals surface area contributed by atoms with Crippen LogP contribution in [0, 0.1) is 17.0 Å². The van der Waals surface area contributed by atoms with Gasteiger partial charge in [0.2, 0.25) is 0 Å².